The largest absolute Gasteiger partial charge is 0.487 e. The van der Waals surface area contributed by atoms with Gasteiger partial charge in [0.1, 0.15) is 5.75 Å². The highest BCUT2D eigenvalue weighted by Gasteiger charge is 2.21. The number of nitrogens with two attached hydrogens (primary N) is 1. The predicted octanol–water partition coefficient (Wildman–Crippen LogP) is 2.30. The van der Waals surface area contributed by atoms with Crippen molar-refractivity contribution < 1.29 is 13.5 Å². The third kappa shape index (κ3) is 3.73. The Kier molecular flexibility index (Phi) is 2.70. The second-order valence-electron chi connectivity index (χ2n) is 2.93. The second kappa shape index (κ2) is 3.60. The van der Waals surface area contributed by atoms with Crippen molar-refractivity contribution in [2.24, 2.45) is 0 Å². The Morgan fingerprint density at radius 3 is 2.69 bits per heavy atom. The van der Waals surface area contributed by atoms with E-state index in [1.807, 2.05) is 0 Å². The van der Waals surface area contributed by atoms with Gasteiger partial charge in [-0.05, 0) is 12.1 Å². The van der Waals surface area contributed by atoms with E-state index in [-0.39, 0.29) is 0 Å². The van der Waals surface area contributed by atoms with Gasteiger partial charge in [0.15, 0.2) is 6.61 Å². The molecule has 0 aliphatic heterocycles. The number of benzene rings is 1. The van der Waals surface area contributed by atoms with Crippen LogP contribution in [0.4, 0.5) is 14.5 Å². The summed E-state index contributed by atoms with van der Waals surface area (Å²) in [5.41, 5.74) is 5.93. The summed E-state index contributed by atoms with van der Waals surface area (Å²) < 4.78 is 29.5. The quantitative estimate of drug-likeness (QED) is 0.737. The fourth-order valence-electron chi connectivity index (χ4n) is 0.814. The van der Waals surface area contributed by atoms with Crippen LogP contribution in [-0.2, 0) is 0 Å². The highest BCUT2D eigenvalue weighted by molar-refractivity contribution is 5.43. The number of ether oxygens (including phenoxy) is 1. The normalized spacial score (nSPS) is 11.3. The van der Waals surface area contributed by atoms with Crippen LogP contribution in [0.15, 0.2) is 24.3 Å². The molecule has 0 aromatic heterocycles. The van der Waals surface area contributed by atoms with Gasteiger partial charge in [0.05, 0.1) is 0 Å². The Bertz CT molecular complexity index is 283. The van der Waals surface area contributed by atoms with Crippen LogP contribution in [0.2, 0.25) is 0 Å². The summed E-state index contributed by atoms with van der Waals surface area (Å²) in [6, 6.07) is 6.41. The SMILES string of the molecule is CC(F)(F)COc1cccc(N)c1. The van der Waals surface area contributed by atoms with E-state index in [4.69, 9.17) is 10.5 Å². The Morgan fingerprint density at radius 1 is 1.46 bits per heavy atom. The van der Waals surface area contributed by atoms with Crippen molar-refractivity contribution in [2.45, 2.75) is 12.8 Å². The van der Waals surface area contributed by atoms with Gasteiger partial charge in [-0.15, -0.1) is 0 Å². The van der Waals surface area contributed by atoms with Crippen molar-refractivity contribution in [2.75, 3.05) is 12.3 Å². The number of hydrogen-bond acceptors (Lipinski definition) is 2. The number of anilines is 1. The van der Waals surface area contributed by atoms with Crippen LogP contribution in [0, 0.1) is 0 Å². The molecule has 0 radical (unpaired) electrons. The smallest absolute Gasteiger partial charge is 0.278 e. The molecule has 2 nitrogen and oxygen atoms in total. The third-order valence-corrected chi connectivity index (χ3v) is 1.35. The highest BCUT2D eigenvalue weighted by atomic mass is 19.3. The molecule has 0 amide bonds. The van der Waals surface area contributed by atoms with Crippen molar-refractivity contribution in [3.05, 3.63) is 24.3 Å². The van der Waals surface area contributed by atoms with Gasteiger partial charge in [-0.25, -0.2) is 8.78 Å². The van der Waals surface area contributed by atoms with E-state index >= 15 is 0 Å². The molecule has 0 saturated heterocycles. The molecule has 0 aliphatic rings. The van der Waals surface area contributed by atoms with E-state index in [1.165, 1.54) is 6.07 Å². The van der Waals surface area contributed by atoms with E-state index in [0.29, 0.717) is 11.4 Å². The standard InChI is InChI=1S/C9H11F2NO/c1-9(10,11)6-13-8-4-2-3-7(12)5-8/h2-5H,6,12H2,1H3. The lowest BCUT2D eigenvalue weighted by molar-refractivity contribution is -0.0229. The van der Waals surface area contributed by atoms with Gasteiger partial charge in [0.25, 0.3) is 5.92 Å². The summed E-state index contributed by atoms with van der Waals surface area (Å²) in [6.07, 6.45) is 0. The van der Waals surface area contributed by atoms with Gasteiger partial charge in [-0.1, -0.05) is 6.07 Å². The molecule has 1 rings (SSSR count). The van der Waals surface area contributed by atoms with E-state index in [0.717, 1.165) is 6.92 Å². The molecule has 2 N–H and O–H groups in total. The maximum atomic E-state index is 12.4. The zero-order chi connectivity index (χ0) is 9.90. The summed E-state index contributed by atoms with van der Waals surface area (Å²) in [5, 5.41) is 0. The summed E-state index contributed by atoms with van der Waals surface area (Å²) in [5.74, 6) is -2.45. The van der Waals surface area contributed by atoms with Crippen molar-refractivity contribution in [1.82, 2.24) is 0 Å². The average molecular weight is 187 g/mol. The molecule has 0 spiro atoms. The van der Waals surface area contributed by atoms with E-state index < -0.39 is 12.5 Å². The number of nitrogen functional groups attached to an aromatic ring is 1. The minimum atomic E-state index is -2.81. The molecule has 0 unspecified atom stereocenters. The van der Waals surface area contributed by atoms with Gasteiger partial charge >= 0.3 is 0 Å². The van der Waals surface area contributed by atoms with E-state index in [1.54, 1.807) is 18.2 Å². The van der Waals surface area contributed by atoms with Crippen molar-refractivity contribution in [3.8, 4) is 5.75 Å². The first-order valence-electron chi connectivity index (χ1n) is 3.83. The first kappa shape index (κ1) is 9.77. The summed E-state index contributed by atoms with van der Waals surface area (Å²) in [4.78, 5) is 0. The van der Waals surface area contributed by atoms with Crippen LogP contribution in [0.1, 0.15) is 6.92 Å². The lowest BCUT2D eigenvalue weighted by Gasteiger charge is -2.11. The molecule has 1 aromatic carbocycles. The number of halogens is 2. The maximum Gasteiger partial charge on any atom is 0.278 e. The lowest BCUT2D eigenvalue weighted by Crippen LogP contribution is -2.20. The van der Waals surface area contributed by atoms with Crippen LogP contribution in [-0.4, -0.2) is 12.5 Å². The average Bonchev–Trinajstić information content (AvgIpc) is 2.00. The number of rotatable bonds is 3. The zero-order valence-corrected chi connectivity index (χ0v) is 7.26. The Hall–Kier alpha value is -1.32. The number of alkyl halides is 2. The van der Waals surface area contributed by atoms with Crippen molar-refractivity contribution in [3.63, 3.8) is 0 Å². The van der Waals surface area contributed by atoms with Gasteiger partial charge in [-0.3, -0.25) is 0 Å². The second-order valence-corrected chi connectivity index (χ2v) is 2.93. The fraction of sp³-hybridized carbons (Fsp3) is 0.333. The first-order chi connectivity index (χ1) is 5.97. The zero-order valence-electron chi connectivity index (χ0n) is 7.26. The minimum Gasteiger partial charge on any atom is -0.487 e. The van der Waals surface area contributed by atoms with E-state index in [2.05, 4.69) is 0 Å². The van der Waals surface area contributed by atoms with Crippen LogP contribution in [0.5, 0.6) is 5.75 Å². The first-order valence-corrected chi connectivity index (χ1v) is 3.83. The fourth-order valence-corrected chi connectivity index (χ4v) is 0.814. The van der Waals surface area contributed by atoms with Crippen molar-refractivity contribution in [1.29, 1.82) is 0 Å². The lowest BCUT2D eigenvalue weighted by atomic mass is 10.3. The third-order valence-electron chi connectivity index (χ3n) is 1.35. The molecule has 0 heterocycles. The molecule has 4 heteroatoms. The van der Waals surface area contributed by atoms with Gasteiger partial charge in [0.2, 0.25) is 0 Å². The summed E-state index contributed by atoms with van der Waals surface area (Å²) in [7, 11) is 0. The van der Waals surface area contributed by atoms with Crippen LogP contribution >= 0.6 is 0 Å². The Labute approximate surface area is 75.3 Å². The van der Waals surface area contributed by atoms with Gasteiger partial charge in [-0.2, -0.15) is 0 Å². The van der Waals surface area contributed by atoms with Gasteiger partial charge < -0.3 is 10.5 Å². The Morgan fingerprint density at radius 2 is 2.15 bits per heavy atom. The molecule has 0 saturated carbocycles. The van der Waals surface area contributed by atoms with Crippen LogP contribution in [0.3, 0.4) is 0 Å². The van der Waals surface area contributed by atoms with Crippen molar-refractivity contribution >= 4 is 5.69 Å². The summed E-state index contributed by atoms with van der Waals surface area (Å²) in [6.45, 7) is 0.176. The maximum absolute atomic E-state index is 12.4. The molecular weight excluding hydrogens is 176 g/mol. The molecule has 0 fully saturated rings. The molecule has 72 valence electrons. The number of hydrogen-bond donors (Lipinski definition) is 1. The summed E-state index contributed by atoms with van der Waals surface area (Å²) >= 11 is 0. The predicted molar refractivity (Wildman–Crippen MR) is 47.0 cm³/mol. The van der Waals surface area contributed by atoms with Crippen LogP contribution in [0.25, 0.3) is 0 Å². The highest BCUT2D eigenvalue weighted by Crippen LogP contribution is 2.18. The topological polar surface area (TPSA) is 35.2 Å². The van der Waals surface area contributed by atoms with Gasteiger partial charge in [0, 0.05) is 18.7 Å². The molecule has 13 heavy (non-hydrogen) atoms. The van der Waals surface area contributed by atoms with E-state index in [9.17, 15) is 8.78 Å². The molecule has 1 aromatic rings. The monoisotopic (exact) mass is 187 g/mol. The molecule has 0 aliphatic carbocycles. The molecule has 0 bridgehead atoms. The minimum absolute atomic E-state index is 0.363. The molecule has 0 atom stereocenters. The van der Waals surface area contributed by atoms with Crippen LogP contribution < -0.4 is 10.5 Å². The Balaban J connectivity index is 2.55. The molecular formula is C9H11F2NO.